The first-order valence-corrected chi connectivity index (χ1v) is 8.23. The molecular weight excluding hydrogens is 335 g/mol. The molecule has 0 aliphatic heterocycles. The van der Waals surface area contributed by atoms with Gasteiger partial charge in [0.15, 0.2) is 0 Å². The van der Waals surface area contributed by atoms with E-state index in [1.54, 1.807) is 0 Å². The summed E-state index contributed by atoms with van der Waals surface area (Å²) < 4.78 is 18.7. The fourth-order valence-electron chi connectivity index (χ4n) is 2.77. The Morgan fingerprint density at radius 3 is 2.46 bits per heavy atom. The van der Waals surface area contributed by atoms with E-state index in [-0.39, 0.29) is 12.5 Å². The summed E-state index contributed by atoms with van der Waals surface area (Å²) in [6.45, 7) is 3.79. The quantitative estimate of drug-likeness (QED) is 0.756. The minimum Gasteiger partial charge on any atom is -0.463 e. The van der Waals surface area contributed by atoms with E-state index in [1.807, 2.05) is 18.2 Å². The van der Waals surface area contributed by atoms with Crippen molar-refractivity contribution in [1.29, 1.82) is 0 Å². The third-order valence-corrected chi connectivity index (χ3v) is 4.19. The number of rotatable bonds is 5. The Bertz CT molecular complexity index is 961. The van der Waals surface area contributed by atoms with Crippen LogP contribution in [0, 0.1) is 5.82 Å². The number of furan rings is 1. The van der Waals surface area contributed by atoms with Crippen LogP contribution < -0.4 is 10.6 Å². The average molecular weight is 354 g/mol. The molecule has 6 heteroatoms. The Morgan fingerprint density at radius 1 is 1.15 bits per heavy atom. The highest BCUT2D eigenvalue weighted by Crippen LogP contribution is 2.28. The molecule has 0 atom stereocenters. The summed E-state index contributed by atoms with van der Waals surface area (Å²) in [5.41, 5.74) is 7.65. The summed E-state index contributed by atoms with van der Waals surface area (Å²) in [6.07, 6.45) is 1.37. The molecule has 1 aromatic heterocycles. The molecule has 1 heterocycles. The monoisotopic (exact) mass is 354 g/mol. The Kier molecular flexibility index (Phi) is 4.75. The lowest BCUT2D eigenvalue weighted by Gasteiger charge is -2.21. The Balaban J connectivity index is 2.06. The summed E-state index contributed by atoms with van der Waals surface area (Å²) in [5, 5.41) is 0.665. The van der Waals surface area contributed by atoms with Gasteiger partial charge in [0, 0.05) is 11.1 Å². The molecule has 0 radical (unpaired) electrons. The second kappa shape index (κ2) is 7.00. The van der Waals surface area contributed by atoms with E-state index < -0.39 is 17.6 Å². The SMILES string of the molecule is CC(C)c1ccc2occ(C(=O)N(CC(N)=O)c3ccc(F)cc3)c2c1. The van der Waals surface area contributed by atoms with Crippen LogP contribution in [-0.2, 0) is 4.79 Å². The van der Waals surface area contributed by atoms with E-state index in [0.717, 1.165) is 5.56 Å². The van der Waals surface area contributed by atoms with Gasteiger partial charge in [-0.05, 0) is 47.9 Å². The Hall–Kier alpha value is -3.15. The molecule has 0 unspecified atom stereocenters. The number of halogens is 1. The molecule has 5 nitrogen and oxygen atoms in total. The number of carbonyl (C=O) groups excluding carboxylic acids is 2. The van der Waals surface area contributed by atoms with Crippen molar-refractivity contribution in [2.24, 2.45) is 5.73 Å². The Morgan fingerprint density at radius 2 is 1.85 bits per heavy atom. The largest absolute Gasteiger partial charge is 0.463 e. The highest BCUT2D eigenvalue weighted by atomic mass is 19.1. The highest BCUT2D eigenvalue weighted by Gasteiger charge is 2.23. The van der Waals surface area contributed by atoms with Crippen LogP contribution in [0.5, 0.6) is 0 Å². The summed E-state index contributed by atoms with van der Waals surface area (Å²) >= 11 is 0. The summed E-state index contributed by atoms with van der Waals surface area (Å²) in [5.74, 6) is -1.25. The molecule has 0 aliphatic rings. The van der Waals surface area contributed by atoms with Gasteiger partial charge in [0.1, 0.15) is 24.2 Å². The maximum Gasteiger partial charge on any atom is 0.262 e. The molecule has 0 bridgehead atoms. The van der Waals surface area contributed by atoms with Crippen LogP contribution in [0.1, 0.15) is 35.7 Å². The first kappa shape index (κ1) is 17.7. The molecule has 26 heavy (non-hydrogen) atoms. The summed E-state index contributed by atoms with van der Waals surface area (Å²) in [7, 11) is 0. The van der Waals surface area contributed by atoms with E-state index in [1.165, 1.54) is 35.4 Å². The first-order chi connectivity index (χ1) is 12.4. The van der Waals surface area contributed by atoms with Crippen molar-refractivity contribution < 1.29 is 18.4 Å². The van der Waals surface area contributed by atoms with Gasteiger partial charge in [0.05, 0.1) is 5.56 Å². The van der Waals surface area contributed by atoms with Crippen LogP contribution in [-0.4, -0.2) is 18.4 Å². The van der Waals surface area contributed by atoms with Crippen LogP contribution in [0.25, 0.3) is 11.0 Å². The third kappa shape index (κ3) is 3.44. The van der Waals surface area contributed by atoms with Crippen LogP contribution in [0.2, 0.25) is 0 Å². The number of amides is 2. The number of hydrogen-bond donors (Lipinski definition) is 1. The van der Waals surface area contributed by atoms with Gasteiger partial charge in [-0.15, -0.1) is 0 Å². The van der Waals surface area contributed by atoms with Gasteiger partial charge in [0.25, 0.3) is 5.91 Å². The molecule has 2 amide bonds. The molecule has 3 rings (SSSR count). The van der Waals surface area contributed by atoms with Crippen molar-refractivity contribution in [3.63, 3.8) is 0 Å². The Labute approximate surface area is 150 Å². The number of benzene rings is 2. The van der Waals surface area contributed by atoms with E-state index >= 15 is 0 Å². The van der Waals surface area contributed by atoms with Crippen LogP contribution in [0.4, 0.5) is 10.1 Å². The lowest BCUT2D eigenvalue weighted by molar-refractivity contribution is -0.116. The van der Waals surface area contributed by atoms with Gasteiger partial charge in [-0.3, -0.25) is 14.5 Å². The molecule has 2 aromatic carbocycles. The van der Waals surface area contributed by atoms with Gasteiger partial charge in [0.2, 0.25) is 5.91 Å². The number of anilines is 1. The smallest absolute Gasteiger partial charge is 0.262 e. The zero-order chi connectivity index (χ0) is 18.8. The van der Waals surface area contributed by atoms with Crippen LogP contribution >= 0.6 is 0 Å². The molecule has 0 aliphatic carbocycles. The van der Waals surface area contributed by atoms with Crippen molar-refractivity contribution in [3.05, 3.63) is 65.7 Å². The minimum atomic E-state index is -0.668. The highest BCUT2D eigenvalue weighted by molar-refractivity contribution is 6.15. The molecule has 3 aromatic rings. The van der Waals surface area contributed by atoms with Gasteiger partial charge < -0.3 is 10.2 Å². The number of primary amides is 1. The standard InChI is InChI=1S/C20H19FN2O3/c1-12(2)13-3-8-18-16(9-13)17(11-26-18)20(25)23(10-19(22)24)15-6-4-14(21)5-7-15/h3-9,11-12H,10H2,1-2H3,(H2,22,24). The minimum absolute atomic E-state index is 0.288. The fourth-order valence-corrected chi connectivity index (χ4v) is 2.77. The number of nitrogens with zero attached hydrogens (tertiary/aromatic N) is 1. The predicted octanol–water partition coefficient (Wildman–Crippen LogP) is 3.83. The van der Waals surface area contributed by atoms with Crippen LogP contribution in [0.15, 0.2) is 53.1 Å². The van der Waals surface area contributed by atoms with Gasteiger partial charge in [-0.25, -0.2) is 4.39 Å². The normalized spacial score (nSPS) is 11.1. The topological polar surface area (TPSA) is 76.5 Å². The third-order valence-electron chi connectivity index (χ3n) is 4.19. The summed E-state index contributed by atoms with van der Waals surface area (Å²) in [6, 6.07) is 11.0. The van der Waals surface area contributed by atoms with Crippen molar-refractivity contribution in [2.75, 3.05) is 11.4 Å². The molecule has 2 N–H and O–H groups in total. The second-order valence-electron chi connectivity index (χ2n) is 6.39. The second-order valence-corrected chi connectivity index (χ2v) is 6.39. The number of hydrogen-bond acceptors (Lipinski definition) is 3. The maximum absolute atomic E-state index is 13.2. The van der Waals surface area contributed by atoms with Gasteiger partial charge >= 0.3 is 0 Å². The van der Waals surface area contributed by atoms with E-state index in [4.69, 9.17) is 10.2 Å². The molecule has 134 valence electrons. The van der Waals surface area contributed by atoms with Crippen molar-refractivity contribution in [1.82, 2.24) is 0 Å². The number of carbonyl (C=O) groups is 2. The summed E-state index contributed by atoms with van der Waals surface area (Å²) in [4.78, 5) is 25.8. The lowest BCUT2D eigenvalue weighted by Crippen LogP contribution is -2.38. The van der Waals surface area contributed by atoms with Gasteiger partial charge in [-0.2, -0.15) is 0 Å². The van der Waals surface area contributed by atoms with E-state index in [2.05, 4.69) is 13.8 Å². The molecular formula is C20H19FN2O3. The molecule has 0 fully saturated rings. The molecule has 0 spiro atoms. The van der Waals surface area contributed by atoms with E-state index in [9.17, 15) is 14.0 Å². The number of fused-ring (bicyclic) bond motifs is 1. The fraction of sp³-hybridized carbons (Fsp3) is 0.200. The zero-order valence-corrected chi connectivity index (χ0v) is 14.5. The lowest BCUT2D eigenvalue weighted by atomic mass is 10.0. The maximum atomic E-state index is 13.2. The van der Waals surface area contributed by atoms with Crippen LogP contribution in [0.3, 0.4) is 0 Å². The molecule has 0 saturated heterocycles. The predicted molar refractivity (Wildman–Crippen MR) is 97.6 cm³/mol. The van der Waals surface area contributed by atoms with Crippen molar-refractivity contribution >= 4 is 28.5 Å². The average Bonchev–Trinajstić information content (AvgIpc) is 3.03. The van der Waals surface area contributed by atoms with Gasteiger partial charge in [-0.1, -0.05) is 19.9 Å². The van der Waals surface area contributed by atoms with Crippen molar-refractivity contribution in [2.45, 2.75) is 19.8 Å². The van der Waals surface area contributed by atoms with Crippen molar-refractivity contribution in [3.8, 4) is 0 Å². The zero-order valence-electron chi connectivity index (χ0n) is 14.5. The first-order valence-electron chi connectivity index (χ1n) is 8.23. The molecule has 0 saturated carbocycles. The van der Waals surface area contributed by atoms with E-state index in [0.29, 0.717) is 22.2 Å². The number of nitrogens with two attached hydrogens (primary N) is 1.